The van der Waals surface area contributed by atoms with Crippen LogP contribution in [0.4, 0.5) is 10.5 Å². The number of carbonyl (C=O) groups is 1. The molecular formula is C12H13ClN2O2. The van der Waals surface area contributed by atoms with Crippen molar-refractivity contribution in [1.82, 2.24) is 0 Å². The van der Waals surface area contributed by atoms with E-state index < -0.39 is 11.7 Å². The first kappa shape index (κ1) is 13.3. The van der Waals surface area contributed by atoms with E-state index in [1.165, 1.54) is 12.1 Å². The molecule has 1 aromatic rings. The molecule has 0 aliphatic carbocycles. The van der Waals surface area contributed by atoms with Gasteiger partial charge in [-0.1, -0.05) is 11.6 Å². The van der Waals surface area contributed by atoms with E-state index in [0.29, 0.717) is 16.3 Å². The van der Waals surface area contributed by atoms with E-state index >= 15 is 0 Å². The van der Waals surface area contributed by atoms with Gasteiger partial charge in [0.05, 0.1) is 10.6 Å². The van der Waals surface area contributed by atoms with E-state index in [1.807, 2.05) is 6.07 Å². The Kier molecular flexibility index (Phi) is 3.97. The number of nitrogens with one attached hydrogen (secondary N) is 1. The number of hydrogen-bond donors (Lipinski definition) is 1. The van der Waals surface area contributed by atoms with Crippen molar-refractivity contribution in [3.63, 3.8) is 0 Å². The first-order valence-electron chi connectivity index (χ1n) is 5.01. The van der Waals surface area contributed by atoms with E-state index in [1.54, 1.807) is 26.8 Å². The van der Waals surface area contributed by atoms with Crippen LogP contribution in [0.15, 0.2) is 18.2 Å². The molecule has 0 aromatic heterocycles. The fourth-order valence-electron chi connectivity index (χ4n) is 1.10. The number of amides is 1. The summed E-state index contributed by atoms with van der Waals surface area (Å²) >= 11 is 5.83. The number of hydrogen-bond acceptors (Lipinski definition) is 3. The van der Waals surface area contributed by atoms with Crippen LogP contribution in [0.5, 0.6) is 0 Å². The molecule has 0 radical (unpaired) electrons. The van der Waals surface area contributed by atoms with Crippen LogP contribution >= 0.6 is 11.6 Å². The molecule has 0 spiro atoms. The highest BCUT2D eigenvalue weighted by molar-refractivity contribution is 6.32. The molecule has 90 valence electrons. The lowest BCUT2D eigenvalue weighted by molar-refractivity contribution is 0.0636. The van der Waals surface area contributed by atoms with Gasteiger partial charge >= 0.3 is 6.09 Å². The lowest BCUT2D eigenvalue weighted by Crippen LogP contribution is -2.27. The topological polar surface area (TPSA) is 62.1 Å². The highest BCUT2D eigenvalue weighted by Crippen LogP contribution is 2.20. The summed E-state index contributed by atoms with van der Waals surface area (Å²) in [4.78, 5) is 11.5. The van der Waals surface area contributed by atoms with Gasteiger partial charge in [-0.05, 0) is 39.0 Å². The van der Waals surface area contributed by atoms with Crippen LogP contribution in [0, 0.1) is 11.3 Å². The minimum absolute atomic E-state index is 0.293. The summed E-state index contributed by atoms with van der Waals surface area (Å²) in [5.74, 6) is 0. The molecule has 0 unspecified atom stereocenters. The maximum atomic E-state index is 11.5. The molecule has 5 heteroatoms. The molecule has 1 aromatic carbocycles. The molecule has 0 bridgehead atoms. The highest BCUT2D eigenvalue weighted by atomic mass is 35.5. The largest absolute Gasteiger partial charge is 0.444 e. The van der Waals surface area contributed by atoms with Crippen LogP contribution in [0.2, 0.25) is 5.02 Å². The van der Waals surface area contributed by atoms with Crippen LogP contribution in [0.25, 0.3) is 0 Å². The summed E-state index contributed by atoms with van der Waals surface area (Å²) in [5.41, 5.74) is 0.296. The molecule has 0 aliphatic heterocycles. The quantitative estimate of drug-likeness (QED) is 0.831. The van der Waals surface area contributed by atoms with Gasteiger partial charge in [-0.3, -0.25) is 5.32 Å². The number of halogens is 1. The lowest BCUT2D eigenvalue weighted by Gasteiger charge is -2.19. The smallest absolute Gasteiger partial charge is 0.412 e. The van der Waals surface area contributed by atoms with Crippen molar-refractivity contribution < 1.29 is 9.53 Å². The average molecular weight is 253 g/mol. The Morgan fingerprint density at radius 3 is 2.59 bits per heavy atom. The highest BCUT2D eigenvalue weighted by Gasteiger charge is 2.16. The number of anilines is 1. The van der Waals surface area contributed by atoms with Crippen molar-refractivity contribution in [1.29, 1.82) is 5.26 Å². The van der Waals surface area contributed by atoms with E-state index in [9.17, 15) is 4.79 Å². The van der Waals surface area contributed by atoms with E-state index in [2.05, 4.69) is 5.32 Å². The van der Waals surface area contributed by atoms with Gasteiger partial charge in [-0.15, -0.1) is 0 Å². The summed E-state index contributed by atoms with van der Waals surface area (Å²) in [5, 5.41) is 11.5. The first-order chi connectivity index (χ1) is 7.81. The summed E-state index contributed by atoms with van der Waals surface area (Å²) in [6.07, 6.45) is -0.557. The molecular weight excluding hydrogens is 240 g/mol. The van der Waals surface area contributed by atoms with E-state index in [-0.39, 0.29) is 0 Å². The summed E-state index contributed by atoms with van der Waals surface area (Å²) in [7, 11) is 0. The zero-order chi connectivity index (χ0) is 13.1. The van der Waals surface area contributed by atoms with Gasteiger partial charge in [0.1, 0.15) is 11.7 Å². The minimum atomic E-state index is -0.557. The SMILES string of the molecule is CC(C)(C)OC(=O)Nc1ccc(C#N)c(Cl)c1. The third-order valence-corrected chi connectivity index (χ3v) is 2.05. The standard InChI is InChI=1S/C12H13ClN2O2/c1-12(2,3)17-11(16)15-9-5-4-8(7-14)10(13)6-9/h4-6H,1-3H3,(H,15,16). The van der Waals surface area contributed by atoms with Gasteiger partial charge in [0.25, 0.3) is 0 Å². The van der Waals surface area contributed by atoms with Gasteiger partial charge in [0.2, 0.25) is 0 Å². The van der Waals surface area contributed by atoms with Crippen molar-refractivity contribution >= 4 is 23.4 Å². The first-order valence-corrected chi connectivity index (χ1v) is 5.39. The second-order valence-electron chi connectivity index (χ2n) is 4.43. The van der Waals surface area contributed by atoms with Crippen LogP contribution in [-0.4, -0.2) is 11.7 Å². The second-order valence-corrected chi connectivity index (χ2v) is 4.84. The Morgan fingerprint density at radius 2 is 2.12 bits per heavy atom. The molecule has 1 amide bonds. The molecule has 0 saturated heterocycles. The summed E-state index contributed by atoms with van der Waals surface area (Å²) in [6.45, 7) is 5.33. The molecule has 1 N–H and O–H groups in total. The zero-order valence-corrected chi connectivity index (χ0v) is 10.6. The van der Waals surface area contributed by atoms with Crippen molar-refractivity contribution in [2.75, 3.05) is 5.32 Å². The minimum Gasteiger partial charge on any atom is -0.444 e. The average Bonchev–Trinajstić information content (AvgIpc) is 2.14. The van der Waals surface area contributed by atoms with Crippen molar-refractivity contribution in [2.24, 2.45) is 0 Å². The summed E-state index contributed by atoms with van der Waals surface area (Å²) in [6, 6.07) is 6.57. The monoisotopic (exact) mass is 252 g/mol. The Labute approximate surface area is 105 Å². The molecule has 0 atom stereocenters. The Morgan fingerprint density at radius 1 is 1.47 bits per heavy atom. The number of ether oxygens (including phenoxy) is 1. The molecule has 0 aliphatic rings. The number of nitrogens with zero attached hydrogens (tertiary/aromatic N) is 1. The normalized spacial score (nSPS) is 10.5. The van der Waals surface area contributed by atoms with Gasteiger partial charge in [-0.25, -0.2) is 4.79 Å². The predicted octanol–water partition coefficient (Wildman–Crippen LogP) is 3.56. The van der Waals surface area contributed by atoms with E-state index in [4.69, 9.17) is 21.6 Å². The van der Waals surface area contributed by atoms with Crippen molar-refractivity contribution in [3.8, 4) is 6.07 Å². The number of rotatable bonds is 1. The number of carbonyl (C=O) groups excluding carboxylic acids is 1. The number of nitriles is 1. The molecule has 0 fully saturated rings. The Balaban J connectivity index is 2.74. The van der Waals surface area contributed by atoms with Crippen LogP contribution in [0.3, 0.4) is 0 Å². The third-order valence-electron chi connectivity index (χ3n) is 1.73. The third kappa shape index (κ3) is 4.33. The Hall–Kier alpha value is -1.73. The fourth-order valence-corrected chi connectivity index (χ4v) is 1.33. The maximum absolute atomic E-state index is 11.5. The fraction of sp³-hybridized carbons (Fsp3) is 0.333. The van der Waals surface area contributed by atoms with Gasteiger partial charge in [-0.2, -0.15) is 5.26 Å². The zero-order valence-electron chi connectivity index (χ0n) is 9.87. The van der Waals surface area contributed by atoms with Crippen LogP contribution in [0.1, 0.15) is 26.3 Å². The second kappa shape index (κ2) is 5.07. The predicted molar refractivity (Wildman–Crippen MR) is 66.0 cm³/mol. The van der Waals surface area contributed by atoms with Gasteiger partial charge in [0.15, 0.2) is 0 Å². The molecule has 4 nitrogen and oxygen atoms in total. The molecule has 1 rings (SSSR count). The maximum Gasteiger partial charge on any atom is 0.412 e. The van der Waals surface area contributed by atoms with Crippen molar-refractivity contribution in [3.05, 3.63) is 28.8 Å². The Bertz CT molecular complexity index is 472. The van der Waals surface area contributed by atoms with Crippen molar-refractivity contribution in [2.45, 2.75) is 26.4 Å². The molecule has 17 heavy (non-hydrogen) atoms. The van der Waals surface area contributed by atoms with Gasteiger partial charge in [0, 0.05) is 5.69 Å². The van der Waals surface area contributed by atoms with Gasteiger partial charge < -0.3 is 4.74 Å². The molecule has 0 heterocycles. The molecule has 0 saturated carbocycles. The lowest BCUT2D eigenvalue weighted by atomic mass is 10.2. The summed E-state index contributed by atoms with van der Waals surface area (Å²) < 4.78 is 5.08. The number of benzene rings is 1. The van der Waals surface area contributed by atoms with Crippen LogP contribution < -0.4 is 5.32 Å². The van der Waals surface area contributed by atoms with Crippen LogP contribution in [-0.2, 0) is 4.74 Å². The van der Waals surface area contributed by atoms with E-state index in [0.717, 1.165) is 0 Å².